The summed E-state index contributed by atoms with van der Waals surface area (Å²) in [7, 11) is 1.40. The van der Waals surface area contributed by atoms with Crippen LogP contribution in [0, 0.1) is 0 Å². The van der Waals surface area contributed by atoms with Crippen LogP contribution in [0.15, 0.2) is 42.5 Å². The second-order valence-electron chi connectivity index (χ2n) is 6.60. The average molecular weight is 449 g/mol. The maximum absolute atomic E-state index is 12.9. The normalized spacial score (nSPS) is 12.9. The third-order valence-corrected chi connectivity index (χ3v) is 4.22. The highest BCUT2D eigenvalue weighted by Gasteiger charge is 2.37. The summed E-state index contributed by atoms with van der Waals surface area (Å²) in [5.74, 6) is -2.02. The van der Waals surface area contributed by atoms with Crippen LogP contribution in [-0.2, 0) is 34.8 Å². The number of carbonyl (C=O) groups is 2. The molecule has 1 amide bonds. The summed E-state index contributed by atoms with van der Waals surface area (Å²) in [6.45, 7) is 0. The van der Waals surface area contributed by atoms with E-state index in [0.717, 1.165) is 0 Å². The Morgan fingerprint density at radius 1 is 0.968 bits per heavy atom. The van der Waals surface area contributed by atoms with Crippen LogP contribution in [0.5, 0.6) is 5.75 Å². The highest BCUT2D eigenvalue weighted by Crippen LogP contribution is 2.36. The van der Waals surface area contributed by atoms with Crippen molar-refractivity contribution in [2.75, 3.05) is 7.11 Å². The molecule has 11 heteroatoms. The summed E-state index contributed by atoms with van der Waals surface area (Å²) < 4.78 is 82.6. The highest BCUT2D eigenvalue weighted by molar-refractivity contribution is 5.85. The maximum atomic E-state index is 12.9. The van der Waals surface area contributed by atoms with Crippen molar-refractivity contribution in [3.05, 3.63) is 64.7 Å². The van der Waals surface area contributed by atoms with Gasteiger partial charge in [-0.1, -0.05) is 12.1 Å². The van der Waals surface area contributed by atoms with E-state index in [1.165, 1.54) is 13.2 Å². The summed E-state index contributed by atoms with van der Waals surface area (Å²) >= 11 is 0. The van der Waals surface area contributed by atoms with Gasteiger partial charge in [0.2, 0.25) is 5.91 Å². The largest absolute Gasteiger partial charge is 0.497 e. The predicted octanol–water partition coefficient (Wildman–Crippen LogP) is 4.09. The molecule has 31 heavy (non-hydrogen) atoms. The summed E-state index contributed by atoms with van der Waals surface area (Å²) in [4.78, 5) is 23.7. The highest BCUT2D eigenvalue weighted by atomic mass is 19.4. The minimum Gasteiger partial charge on any atom is -0.497 e. The van der Waals surface area contributed by atoms with Crippen molar-refractivity contribution in [2.45, 2.75) is 31.2 Å². The van der Waals surface area contributed by atoms with Crippen molar-refractivity contribution >= 4 is 11.9 Å². The first-order valence-electron chi connectivity index (χ1n) is 8.73. The molecule has 0 fully saturated rings. The topological polar surface area (TPSA) is 75.6 Å². The van der Waals surface area contributed by atoms with Gasteiger partial charge in [-0.15, -0.1) is 0 Å². The first kappa shape index (κ1) is 24.0. The molecule has 2 aromatic rings. The summed E-state index contributed by atoms with van der Waals surface area (Å²) in [5, 5.41) is 11.5. The van der Waals surface area contributed by atoms with Crippen LogP contribution < -0.4 is 10.1 Å². The van der Waals surface area contributed by atoms with E-state index in [9.17, 15) is 41.0 Å². The molecule has 0 aliphatic rings. The Bertz CT molecular complexity index is 923. The number of halogens is 6. The number of carboxylic acid groups (broad SMARTS) is 1. The number of nitrogens with one attached hydrogen (secondary N) is 1. The number of amides is 1. The molecule has 0 bridgehead atoms. The van der Waals surface area contributed by atoms with Crippen LogP contribution in [0.2, 0.25) is 0 Å². The van der Waals surface area contributed by atoms with E-state index >= 15 is 0 Å². The van der Waals surface area contributed by atoms with Crippen molar-refractivity contribution in [2.24, 2.45) is 0 Å². The van der Waals surface area contributed by atoms with E-state index < -0.39 is 53.4 Å². The molecule has 0 saturated heterocycles. The van der Waals surface area contributed by atoms with Gasteiger partial charge in [-0.25, -0.2) is 4.79 Å². The quantitative estimate of drug-likeness (QED) is 0.625. The van der Waals surface area contributed by atoms with Crippen LogP contribution in [0.1, 0.15) is 22.3 Å². The van der Waals surface area contributed by atoms with E-state index in [4.69, 9.17) is 4.74 Å². The third-order valence-electron chi connectivity index (χ3n) is 4.22. The van der Waals surface area contributed by atoms with Gasteiger partial charge in [0, 0.05) is 6.42 Å². The molecular weight excluding hydrogens is 432 g/mol. The van der Waals surface area contributed by atoms with Gasteiger partial charge in [0.1, 0.15) is 11.8 Å². The van der Waals surface area contributed by atoms with Gasteiger partial charge in [-0.3, -0.25) is 4.79 Å². The number of rotatable bonds is 7. The molecule has 5 nitrogen and oxygen atoms in total. The zero-order valence-corrected chi connectivity index (χ0v) is 16.0. The molecule has 2 N–H and O–H groups in total. The Morgan fingerprint density at radius 3 is 2.03 bits per heavy atom. The Labute approximate surface area is 172 Å². The second kappa shape index (κ2) is 9.27. The molecule has 0 radical (unpaired) electrons. The summed E-state index contributed by atoms with van der Waals surface area (Å²) in [6.07, 6.45) is -11.1. The standard InChI is InChI=1S/C20H17F6NO4/c1-31-15-4-2-3-11(7-15)8-16(18(29)30)27-17(28)9-12-5-13(19(21,22)23)10-14(6-12)20(24,25)26/h2-7,10,16H,8-9H2,1H3,(H,27,28)(H,29,30)/t16-/m1/s1. The molecule has 0 unspecified atom stereocenters. The fraction of sp³-hybridized carbons (Fsp3) is 0.300. The number of methoxy groups -OCH3 is 1. The SMILES string of the molecule is COc1cccc(C[C@@H](NC(=O)Cc2cc(C(F)(F)F)cc(C(F)(F)F)c2)C(=O)O)c1. The lowest BCUT2D eigenvalue weighted by Gasteiger charge is -2.17. The van der Waals surface area contributed by atoms with Gasteiger partial charge in [0.05, 0.1) is 24.7 Å². The van der Waals surface area contributed by atoms with Gasteiger partial charge in [-0.05, 0) is 41.5 Å². The molecule has 0 saturated carbocycles. The van der Waals surface area contributed by atoms with Crippen molar-refractivity contribution in [3.63, 3.8) is 0 Å². The fourth-order valence-corrected chi connectivity index (χ4v) is 2.79. The number of carboxylic acids is 1. The van der Waals surface area contributed by atoms with Gasteiger partial charge < -0.3 is 15.2 Å². The Morgan fingerprint density at radius 2 is 1.55 bits per heavy atom. The molecule has 0 aliphatic carbocycles. The lowest BCUT2D eigenvalue weighted by atomic mass is 10.0. The van der Waals surface area contributed by atoms with Crippen molar-refractivity contribution < 1.29 is 45.8 Å². The van der Waals surface area contributed by atoms with Crippen LogP contribution in [0.4, 0.5) is 26.3 Å². The molecule has 0 aliphatic heterocycles. The Hall–Kier alpha value is -3.24. The van der Waals surface area contributed by atoms with Gasteiger partial charge >= 0.3 is 18.3 Å². The van der Waals surface area contributed by atoms with E-state index in [1.807, 2.05) is 0 Å². The van der Waals surface area contributed by atoms with Gasteiger partial charge in [0.15, 0.2) is 0 Å². The smallest absolute Gasteiger partial charge is 0.416 e. The Balaban J connectivity index is 2.21. The summed E-state index contributed by atoms with van der Waals surface area (Å²) in [6, 6.07) is 5.66. The molecule has 0 aromatic heterocycles. The predicted molar refractivity (Wildman–Crippen MR) is 96.4 cm³/mol. The molecule has 2 aromatic carbocycles. The Kier molecular flexibility index (Phi) is 7.19. The molecular formula is C20H17F6NO4. The van der Waals surface area contributed by atoms with E-state index in [1.54, 1.807) is 18.2 Å². The zero-order valence-electron chi connectivity index (χ0n) is 16.0. The number of aliphatic carboxylic acids is 1. The summed E-state index contributed by atoms with van der Waals surface area (Å²) in [5.41, 5.74) is -3.18. The van der Waals surface area contributed by atoms with Crippen molar-refractivity contribution in [3.8, 4) is 5.75 Å². The van der Waals surface area contributed by atoms with Crippen LogP contribution in [0.25, 0.3) is 0 Å². The van der Waals surface area contributed by atoms with Crippen LogP contribution >= 0.6 is 0 Å². The second-order valence-corrected chi connectivity index (χ2v) is 6.60. The number of alkyl halides is 6. The molecule has 168 valence electrons. The van der Waals surface area contributed by atoms with E-state index in [-0.39, 0.29) is 12.5 Å². The van der Waals surface area contributed by atoms with Gasteiger partial charge in [-0.2, -0.15) is 26.3 Å². The average Bonchev–Trinajstić information content (AvgIpc) is 2.66. The van der Waals surface area contributed by atoms with E-state index in [2.05, 4.69) is 5.32 Å². The maximum Gasteiger partial charge on any atom is 0.416 e. The van der Waals surface area contributed by atoms with Crippen molar-refractivity contribution in [1.29, 1.82) is 0 Å². The lowest BCUT2D eigenvalue weighted by Crippen LogP contribution is -2.43. The van der Waals surface area contributed by atoms with Crippen molar-refractivity contribution in [1.82, 2.24) is 5.32 Å². The first-order chi connectivity index (χ1) is 14.3. The van der Waals surface area contributed by atoms with Gasteiger partial charge in [0.25, 0.3) is 0 Å². The number of benzene rings is 2. The number of carbonyl (C=O) groups excluding carboxylic acids is 1. The number of hydrogen-bond donors (Lipinski definition) is 2. The van der Waals surface area contributed by atoms with Crippen LogP contribution in [-0.4, -0.2) is 30.1 Å². The molecule has 0 heterocycles. The minimum absolute atomic E-state index is 0.0513. The third kappa shape index (κ3) is 6.90. The molecule has 0 spiro atoms. The minimum atomic E-state index is -5.05. The molecule has 2 rings (SSSR count). The zero-order chi connectivity index (χ0) is 23.4. The first-order valence-corrected chi connectivity index (χ1v) is 8.73. The number of ether oxygens (including phenoxy) is 1. The molecule has 1 atom stereocenters. The monoisotopic (exact) mass is 449 g/mol. The number of hydrogen-bond acceptors (Lipinski definition) is 3. The van der Waals surface area contributed by atoms with E-state index in [0.29, 0.717) is 23.4 Å². The van der Waals surface area contributed by atoms with Crippen LogP contribution in [0.3, 0.4) is 0 Å². The fourth-order valence-electron chi connectivity index (χ4n) is 2.79. The lowest BCUT2D eigenvalue weighted by molar-refractivity contribution is -0.143.